The van der Waals surface area contributed by atoms with Crippen LogP contribution in [0.25, 0.3) is 11.1 Å². The van der Waals surface area contributed by atoms with Crippen LogP contribution in [0.4, 0.5) is 13.2 Å². The Balaban J connectivity index is 1.65. The van der Waals surface area contributed by atoms with E-state index in [2.05, 4.69) is 0 Å². The minimum Gasteiger partial charge on any atom is -0.331 e. The van der Waals surface area contributed by atoms with E-state index >= 15 is 0 Å². The maximum absolute atomic E-state index is 13.2. The van der Waals surface area contributed by atoms with Gasteiger partial charge in [-0.25, -0.2) is 0 Å². The van der Waals surface area contributed by atoms with Crippen LogP contribution in [-0.4, -0.2) is 59.2 Å². The second kappa shape index (κ2) is 7.43. The summed E-state index contributed by atoms with van der Waals surface area (Å²) in [6, 6.07) is 11.1. The van der Waals surface area contributed by atoms with Crippen LogP contribution in [0.2, 0.25) is 5.02 Å². The van der Waals surface area contributed by atoms with Gasteiger partial charge < -0.3 is 9.80 Å². The number of hydrogen-bond donors (Lipinski definition) is 0. The van der Waals surface area contributed by atoms with Crippen LogP contribution in [0.3, 0.4) is 0 Å². The summed E-state index contributed by atoms with van der Waals surface area (Å²) in [6.07, 6.45) is -5.10. The number of nitrogens with zero attached hydrogens (tertiary/aromatic N) is 2. The summed E-state index contributed by atoms with van der Waals surface area (Å²) in [5, 5.41) is 0.573. The lowest BCUT2D eigenvalue weighted by Gasteiger charge is -2.39. The number of halogens is 4. The van der Waals surface area contributed by atoms with Gasteiger partial charge in [-0.2, -0.15) is 13.2 Å². The van der Waals surface area contributed by atoms with Crippen molar-refractivity contribution in [1.29, 1.82) is 0 Å². The van der Waals surface area contributed by atoms with Crippen LogP contribution in [0.15, 0.2) is 42.5 Å². The Morgan fingerprint density at radius 3 is 2.33 bits per heavy atom. The molecule has 1 fully saturated rings. The molecule has 2 aliphatic heterocycles. The molecule has 1 unspecified atom stereocenters. The highest BCUT2D eigenvalue weighted by molar-refractivity contribution is 6.30. The number of piperazine rings is 1. The zero-order chi connectivity index (χ0) is 21.6. The number of carbonyl (C=O) groups is 3. The van der Waals surface area contributed by atoms with Gasteiger partial charge in [-0.3, -0.25) is 14.4 Å². The van der Waals surface area contributed by atoms with Crippen molar-refractivity contribution in [2.24, 2.45) is 0 Å². The summed E-state index contributed by atoms with van der Waals surface area (Å²) >= 11 is 5.92. The Labute approximate surface area is 175 Å². The van der Waals surface area contributed by atoms with Crippen molar-refractivity contribution in [3.63, 3.8) is 0 Å². The first-order valence-corrected chi connectivity index (χ1v) is 9.61. The predicted molar refractivity (Wildman–Crippen MR) is 103 cm³/mol. The van der Waals surface area contributed by atoms with Gasteiger partial charge in [0, 0.05) is 36.6 Å². The summed E-state index contributed by atoms with van der Waals surface area (Å²) in [6.45, 7) is -0.872. The number of Topliss-reactive ketones (excluding diaryl/α,β-unsaturated/α-hetero) is 1. The second-order valence-corrected chi connectivity index (χ2v) is 7.72. The van der Waals surface area contributed by atoms with Gasteiger partial charge in [0.1, 0.15) is 6.04 Å². The predicted octanol–water partition coefficient (Wildman–Crippen LogP) is 3.35. The summed E-state index contributed by atoms with van der Waals surface area (Å²) in [5.41, 5.74) is 2.46. The van der Waals surface area contributed by atoms with E-state index < -0.39 is 30.6 Å². The van der Waals surface area contributed by atoms with E-state index in [4.69, 9.17) is 11.6 Å². The number of benzene rings is 2. The number of hydrogen-bond acceptors (Lipinski definition) is 3. The lowest BCUT2D eigenvalue weighted by molar-refractivity contribution is -0.187. The van der Waals surface area contributed by atoms with Crippen LogP contribution in [-0.2, 0) is 16.0 Å². The van der Waals surface area contributed by atoms with Crippen molar-refractivity contribution >= 4 is 29.2 Å². The van der Waals surface area contributed by atoms with Gasteiger partial charge in [0.15, 0.2) is 5.78 Å². The molecule has 0 N–H and O–H groups in total. The first-order valence-electron chi connectivity index (χ1n) is 9.24. The fourth-order valence-electron chi connectivity index (χ4n) is 3.88. The Kier molecular flexibility index (Phi) is 5.05. The number of ketones is 1. The first-order chi connectivity index (χ1) is 14.1. The van der Waals surface area contributed by atoms with Gasteiger partial charge in [0.2, 0.25) is 0 Å². The Hall–Kier alpha value is -2.87. The molecule has 0 saturated carbocycles. The minimum atomic E-state index is -5.02. The van der Waals surface area contributed by atoms with Crippen molar-refractivity contribution < 1.29 is 27.6 Å². The molecule has 0 bridgehead atoms. The van der Waals surface area contributed by atoms with Crippen molar-refractivity contribution in [2.75, 3.05) is 19.6 Å². The molecule has 9 heteroatoms. The number of rotatable bonds is 1. The quantitative estimate of drug-likeness (QED) is 0.689. The average Bonchev–Trinajstić information content (AvgIpc) is 2.82. The fourth-order valence-corrected chi connectivity index (χ4v) is 4.00. The second-order valence-electron chi connectivity index (χ2n) is 7.29. The average molecular weight is 437 g/mol. The Morgan fingerprint density at radius 2 is 1.67 bits per heavy atom. The number of carbonyl (C=O) groups excluding carboxylic acids is 3. The highest BCUT2D eigenvalue weighted by Gasteiger charge is 2.47. The summed E-state index contributed by atoms with van der Waals surface area (Å²) in [4.78, 5) is 39.4. The molecule has 4 rings (SSSR count). The topological polar surface area (TPSA) is 57.7 Å². The van der Waals surface area contributed by atoms with Gasteiger partial charge in [-0.05, 0) is 34.9 Å². The van der Waals surface area contributed by atoms with Crippen molar-refractivity contribution in [3.8, 4) is 11.1 Å². The summed E-state index contributed by atoms with van der Waals surface area (Å²) in [5.74, 6) is -2.80. The zero-order valence-corrected chi connectivity index (χ0v) is 16.3. The largest absolute Gasteiger partial charge is 0.471 e. The monoisotopic (exact) mass is 436 g/mol. The van der Waals surface area contributed by atoms with Crippen LogP contribution in [0.1, 0.15) is 15.9 Å². The minimum absolute atomic E-state index is 0.0861. The maximum Gasteiger partial charge on any atom is 0.471 e. The smallest absolute Gasteiger partial charge is 0.331 e. The van der Waals surface area contributed by atoms with E-state index in [1.165, 1.54) is 4.90 Å². The van der Waals surface area contributed by atoms with Crippen molar-refractivity contribution in [2.45, 2.75) is 18.6 Å². The molecule has 2 amide bonds. The van der Waals surface area contributed by atoms with Gasteiger partial charge in [0.05, 0.1) is 0 Å². The van der Waals surface area contributed by atoms with Crippen molar-refractivity contribution in [1.82, 2.24) is 9.80 Å². The van der Waals surface area contributed by atoms with Gasteiger partial charge in [0.25, 0.3) is 5.91 Å². The van der Waals surface area contributed by atoms with E-state index in [0.29, 0.717) is 21.0 Å². The fraction of sp³-hybridized carbons (Fsp3) is 0.286. The molecule has 156 valence electrons. The molecule has 2 aliphatic rings. The van der Waals surface area contributed by atoms with Gasteiger partial charge in [-0.1, -0.05) is 35.9 Å². The van der Waals surface area contributed by atoms with Crippen LogP contribution >= 0.6 is 11.6 Å². The molecule has 5 nitrogen and oxygen atoms in total. The van der Waals surface area contributed by atoms with Crippen LogP contribution < -0.4 is 0 Å². The Morgan fingerprint density at radius 1 is 1.00 bits per heavy atom. The molecule has 30 heavy (non-hydrogen) atoms. The van der Waals surface area contributed by atoms with Gasteiger partial charge in [-0.15, -0.1) is 0 Å². The highest BCUT2D eigenvalue weighted by Crippen LogP contribution is 2.30. The maximum atomic E-state index is 13.2. The number of amides is 2. The molecule has 2 heterocycles. The first kappa shape index (κ1) is 20.4. The normalized spacial score (nSPS) is 19.3. The van der Waals surface area contributed by atoms with E-state index in [9.17, 15) is 27.6 Å². The SMILES string of the molecule is O=C1Cc2ccc(-c3ccc(Cl)cc3)cc2C(=O)N2CCN(C(=O)C(F)(F)F)CC12. The molecule has 1 atom stereocenters. The Bertz CT molecular complexity index is 1040. The zero-order valence-electron chi connectivity index (χ0n) is 15.6. The third kappa shape index (κ3) is 3.67. The third-order valence-electron chi connectivity index (χ3n) is 5.43. The molecular weight excluding hydrogens is 421 g/mol. The van der Waals surface area contributed by atoms with E-state index in [1.807, 2.05) is 0 Å². The lowest BCUT2D eigenvalue weighted by Crippen LogP contribution is -2.60. The highest BCUT2D eigenvalue weighted by atomic mass is 35.5. The summed E-state index contributed by atoms with van der Waals surface area (Å²) < 4.78 is 38.4. The number of alkyl halides is 3. The molecule has 2 aromatic carbocycles. The third-order valence-corrected chi connectivity index (χ3v) is 5.68. The van der Waals surface area contributed by atoms with E-state index in [-0.39, 0.29) is 25.3 Å². The van der Waals surface area contributed by atoms with Crippen molar-refractivity contribution in [3.05, 3.63) is 58.6 Å². The van der Waals surface area contributed by atoms with E-state index in [1.54, 1.807) is 42.5 Å². The van der Waals surface area contributed by atoms with E-state index in [0.717, 1.165) is 11.1 Å². The van der Waals surface area contributed by atoms with Crippen LogP contribution in [0, 0.1) is 0 Å². The molecule has 0 radical (unpaired) electrons. The molecule has 0 aromatic heterocycles. The molecule has 2 aromatic rings. The van der Waals surface area contributed by atoms with Gasteiger partial charge >= 0.3 is 12.1 Å². The molecule has 0 aliphatic carbocycles. The molecule has 0 spiro atoms. The standard InChI is InChI=1S/C21H16ClF3N2O3/c22-15-5-3-12(4-6-15)13-1-2-14-10-18(28)17-11-26(20(30)21(23,24)25)7-8-27(17)19(29)16(14)9-13/h1-6,9,17H,7-8,10-11H2. The summed E-state index contributed by atoms with van der Waals surface area (Å²) in [7, 11) is 0. The number of fused-ring (bicyclic) bond motifs is 2. The molecular formula is C21H16ClF3N2O3. The van der Waals surface area contributed by atoms with Crippen LogP contribution in [0.5, 0.6) is 0 Å². The molecule has 1 saturated heterocycles. The lowest BCUT2D eigenvalue weighted by atomic mass is 9.96.